The summed E-state index contributed by atoms with van der Waals surface area (Å²) in [6.45, 7) is 4.11. The van der Waals surface area contributed by atoms with Crippen molar-refractivity contribution in [2.75, 3.05) is 11.4 Å². The molecule has 0 fully saturated rings. The fraction of sp³-hybridized carbons (Fsp3) is 0.500. The van der Waals surface area contributed by atoms with E-state index in [4.69, 9.17) is 10.5 Å². The number of nitrogens with zero attached hydrogens (tertiary/aromatic N) is 2. The Morgan fingerprint density at radius 1 is 1.48 bits per heavy atom. The number of fused-ring (bicyclic) bond motifs is 1. The van der Waals surface area contributed by atoms with Gasteiger partial charge in [0.25, 0.3) is 11.6 Å². The highest BCUT2D eigenvalue weighted by molar-refractivity contribution is 6.00. The Kier molecular flexibility index (Phi) is 4.42. The van der Waals surface area contributed by atoms with E-state index in [1.165, 1.54) is 23.1 Å². The van der Waals surface area contributed by atoms with Gasteiger partial charge >= 0.3 is 0 Å². The van der Waals surface area contributed by atoms with Gasteiger partial charge in [0.1, 0.15) is 5.75 Å². The molecule has 2 N–H and O–H groups in total. The Morgan fingerprint density at radius 3 is 2.76 bits per heavy atom. The van der Waals surface area contributed by atoms with E-state index in [0.717, 1.165) is 0 Å². The van der Waals surface area contributed by atoms with Crippen LogP contribution < -0.4 is 15.4 Å². The number of nitro groups is 1. The molecule has 0 aliphatic carbocycles. The Morgan fingerprint density at radius 2 is 2.19 bits per heavy atom. The van der Waals surface area contributed by atoms with Crippen LogP contribution >= 0.6 is 0 Å². The number of non-ortho nitro benzene ring substituents is 1. The van der Waals surface area contributed by atoms with Crippen molar-refractivity contribution in [2.45, 2.75) is 38.8 Å². The van der Waals surface area contributed by atoms with Gasteiger partial charge in [-0.1, -0.05) is 13.8 Å². The van der Waals surface area contributed by atoms with Crippen molar-refractivity contribution in [1.29, 1.82) is 0 Å². The summed E-state index contributed by atoms with van der Waals surface area (Å²) in [4.78, 5) is 24.4. The Balaban J connectivity index is 2.44. The van der Waals surface area contributed by atoms with Gasteiger partial charge in [-0.2, -0.15) is 0 Å². The summed E-state index contributed by atoms with van der Waals surface area (Å²) in [6.07, 6.45) is 0.682. The van der Waals surface area contributed by atoms with Crippen LogP contribution in [0.2, 0.25) is 0 Å². The lowest BCUT2D eigenvalue weighted by Gasteiger charge is -2.35. The van der Waals surface area contributed by atoms with Crippen LogP contribution in [0.3, 0.4) is 0 Å². The second-order valence-electron chi connectivity index (χ2n) is 5.04. The molecule has 1 aliphatic rings. The average Bonchev–Trinajstić information content (AvgIpc) is 2.48. The lowest BCUT2D eigenvalue weighted by atomic mass is 10.1. The van der Waals surface area contributed by atoms with Gasteiger partial charge in [0.05, 0.1) is 10.6 Å². The number of benzene rings is 1. The molecule has 0 bridgehead atoms. The van der Waals surface area contributed by atoms with E-state index in [1.54, 1.807) is 0 Å². The van der Waals surface area contributed by atoms with Crippen LogP contribution in [0.4, 0.5) is 11.4 Å². The summed E-state index contributed by atoms with van der Waals surface area (Å²) in [5.74, 6) is 0.282. The third-order valence-electron chi connectivity index (χ3n) is 3.57. The molecular weight excluding hydrogens is 274 g/mol. The minimum absolute atomic E-state index is 0.0739. The Bertz CT molecular complexity index is 561. The molecule has 0 radical (unpaired) electrons. The molecule has 2 rings (SSSR count). The number of nitro benzene ring substituents is 1. The highest BCUT2D eigenvalue weighted by atomic mass is 16.6. The molecule has 7 heteroatoms. The number of anilines is 1. The predicted octanol–water partition coefficient (Wildman–Crippen LogP) is 1.84. The summed E-state index contributed by atoms with van der Waals surface area (Å²) < 4.78 is 5.62. The zero-order valence-corrected chi connectivity index (χ0v) is 12.1. The van der Waals surface area contributed by atoms with E-state index in [1.807, 2.05) is 13.8 Å². The van der Waals surface area contributed by atoms with Crippen LogP contribution in [0.1, 0.15) is 26.7 Å². The van der Waals surface area contributed by atoms with E-state index in [2.05, 4.69) is 0 Å². The largest absolute Gasteiger partial charge is 0.478 e. The highest BCUT2D eigenvalue weighted by Gasteiger charge is 2.34. The topological polar surface area (TPSA) is 98.7 Å². The summed E-state index contributed by atoms with van der Waals surface area (Å²) in [7, 11) is 0. The van der Waals surface area contributed by atoms with Gasteiger partial charge in [0, 0.05) is 24.7 Å². The predicted molar refractivity (Wildman–Crippen MR) is 78.4 cm³/mol. The third-order valence-corrected chi connectivity index (χ3v) is 3.57. The lowest BCUT2D eigenvalue weighted by Crippen LogP contribution is -2.49. The first kappa shape index (κ1) is 15.2. The zero-order chi connectivity index (χ0) is 15.6. The second-order valence-corrected chi connectivity index (χ2v) is 5.04. The molecule has 0 saturated heterocycles. The number of amides is 1. The Labute approximate surface area is 122 Å². The first-order valence-electron chi connectivity index (χ1n) is 7.00. The van der Waals surface area contributed by atoms with E-state index in [9.17, 15) is 14.9 Å². The van der Waals surface area contributed by atoms with Gasteiger partial charge in [0.2, 0.25) is 0 Å². The van der Waals surface area contributed by atoms with Gasteiger partial charge in [-0.05, 0) is 18.9 Å². The van der Waals surface area contributed by atoms with Crippen molar-refractivity contribution in [2.24, 2.45) is 5.73 Å². The highest BCUT2D eigenvalue weighted by Crippen LogP contribution is 2.37. The molecule has 1 amide bonds. The van der Waals surface area contributed by atoms with Crippen molar-refractivity contribution in [3.63, 3.8) is 0 Å². The van der Waals surface area contributed by atoms with Crippen LogP contribution in [0.5, 0.6) is 5.75 Å². The quantitative estimate of drug-likeness (QED) is 0.659. The van der Waals surface area contributed by atoms with Gasteiger partial charge in [-0.25, -0.2) is 0 Å². The van der Waals surface area contributed by atoms with Crippen molar-refractivity contribution >= 4 is 17.3 Å². The van der Waals surface area contributed by atoms with Gasteiger partial charge in [0.15, 0.2) is 6.10 Å². The number of ether oxygens (including phenoxy) is 1. The average molecular weight is 293 g/mol. The van der Waals surface area contributed by atoms with E-state index < -0.39 is 11.0 Å². The minimum atomic E-state index is -0.567. The minimum Gasteiger partial charge on any atom is -0.478 e. The maximum atomic E-state index is 12.4. The van der Waals surface area contributed by atoms with Crippen LogP contribution in [-0.2, 0) is 4.79 Å². The number of nitrogens with two attached hydrogens (primary N) is 1. The molecule has 21 heavy (non-hydrogen) atoms. The van der Waals surface area contributed by atoms with Crippen LogP contribution in [-0.4, -0.2) is 29.5 Å². The number of hydrogen-bond donors (Lipinski definition) is 1. The summed E-state index contributed by atoms with van der Waals surface area (Å²) in [6, 6.07) is 4.09. The molecule has 1 aliphatic heterocycles. The molecule has 114 valence electrons. The van der Waals surface area contributed by atoms with E-state index >= 15 is 0 Å². The molecule has 2 unspecified atom stereocenters. The molecule has 7 nitrogen and oxygen atoms in total. The summed E-state index contributed by atoms with van der Waals surface area (Å²) in [5.41, 5.74) is 6.28. The van der Waals surface area contributed by atoms with Crippen LogP contribution in [0.15, 0.2) is 18.2 Å². The monoisotopic (exact) mass is 293 g/mol. The molecule has 0 spiro atoms. The van der Waals surface area contributed by atoms with Crippen molar-refractivity contribution < 1.29 is 14.5 Å². The number of hydrogen-bond acceptors (Lipinski definition) is 5. The fourth-order valence-electron chi connectivity index (χ4n) is 2.24. The normalized spacial score (nSPS) is 18.9. The van der Waals surface area contributed by atoms with Gasteiger partial charge in [-0.3, -0.25) is 14.9 Å². The van der Waals surface area contributed by atoms with Crippen molar-refractivity contribution in [3.8, 4) is 5.75 Å². The second kappa shape index (κ2) is 6.09. The van der Waals surface area contributed by atoms with E-state index in [-0.39, 0.29) is 17.6 Å². The molecular formula is C14H19N3O4. The maximum absolute atomic E-state index is 12.4. The van der Waals surface area contributed by atoms with Crippen LogP contribution in [0, 0.1) is 10.1 Å². The SMILES string of the molecule is CCC(N)CN1C(=O)C(CC)Oc2ccc([N+](=O)[O-])cc21. The molecule has 2 atom stereocenters. The van der Waals surface area contributed by atoms with Crippen LogP contribution in [0.25, 0.3) is 0 Å². The zero-order valence-electron chi connectivity index (χ0n) is 12.1. The lowest BCUT2D eigenvalue weighted by molar-refractivity contribution is -0.384. The molecule has 1 heterocycles. The number of carbonyl (C=O) groups is 1. The summed E-state index contributed by atoms with van der Waals surface area (Å²) in [5, 5.41) is 10.9. The van der Waals surface area contributed by atoms with Gasteiger partial charge in [-0.15, -0.1) is 0 Å². The molecule has 1 aromatic rings. The Hall–Kier alpha value is -2.15. The number of carbonyl (C=O) groups excluding carboxylic acids is 1. The number of rotatable bonds is 5. The first-order valence-corrected chi connectivity index (χ1v) is 7.00. The molecule has 1 aromatic carbocycles. The maximum Gasteiger partial charge on any atom is 0.271 e. The van der Waals surface area contributed by atoms with Crippen molar-refractivity contribution in [3.05, 3.63) is 28.3 Å². The van der Waals surface area contributed by atoms with E-state index in [0.29, 0.717) is 30.8 Å². The molecule has 0 aromatic heterocycles. The summed E-state index contributed by atoms with van der Waals surface area (Å²) >= 11 is 0. The molecule has 0 saturated carbocycles. The smallest absolute Gasteiger partial charge is 0.271 e. The third kappa shape index (κ3) is 2.97. The fourth-order valence-corrected chi connectivity index (χ4v) is 2.24. The van der Waals surface area contributed by atoms with Crippen molar-refractivity contribution in [1.82, 2.24) is 0 Å². The standard InChI is InChI=1S/C14H19N3O4/c1-3-9(15)8-16-11-7-10(17(19)20)5-6-13(11)21-12(4-2)14(16)18/h5-7,9,12H,3-4,8,15H2,1-2H3. The first-order chi connectivity index (χ1) is 9.97. The van der Waals surface area contributed by atoms with Gasteiger partial charge < -0.3 is 15.4 Å².